The van der Waals surface area contributed by atoms with Crippen LogP contribution in [0, 0.1) is 12.7 Å². The number of nitrogens with zero attached hydrogens (tertiary/aromatic N) is 2. The summed E-state index contributed by atoms with van der Waals surface area (Å²) in [6.45, 7) is 2.19. The van der Waals surface area contributed by atoms with Crippen LogP contribution in [-0.4, -0.2) is 23.8 Å². The molecule has 29 heavy (non-hydrogen) atoms. The van der Waals surface area contributed by atoms with Gasteiger partial charge < -0.3 is 10.2 Å². The van der Waals surface area contributed by atoms with Gasteiger partial charge in [-0.1, -0.05) is 12.1 Å². The summed E-state index contributed by atoms with van der Waals surface area (Å²) in [4.78, 5) is 30.5. The summed E-state index contributed by atoms with van der Waals surface area (Å²) >= 11 is 1.51. The van der Waals surface area contributed by atoms with Crippen LogP contribution in [0.15, 0.2) is 60.0 Å². The number of anilines is 1. The number of nitrogens with one attached hydrogen (secondary N) is 1. The fraction of sp³-hybridized carbons (Fsp3) is 0.136. The van der Waals surface area contributed by atoms with Crippen LogP contribution in [0.4, 0.5) is 10.1 Å². The Morgan fingerprint density at radius 3 is 2.41 bits per heavy atom. The van der Waals surface area contributed by atoms with Crippen LogP contribution in [0.1, 0.15) is 26.6 Å². The minimum atomic E-state index is -0.364. The predicted octanol–water partition coefficient (Wildman–Crippen LogP) is 4.20. The number of aromatic nitrogens is 1. The van der Waals surface area contributed by atoms with Gasteiger partial charge in [0.2, 0.25) is 0 Å². The SMILES string of the molecule is CNC(=O)c1ccc(/C=C/C(=O)N(Cc2csc(C)n2)c2ccc(F)cc2)cc1. The molecule has 3 rings (SSSR count). The first-order chi connectivity index (χ1) is 14.0. The number of halogens is 1. The third kappa shape index (κ3) is 5.36. The molecule has 0 radical (unpaired) electrons. The van der Waals surface area contributed by atoms with E-state index in [4.69, 9.17) is 0 Å². The van der Waals surface area contributed by atoms with Gasteiger partial charge in [-0.25, -0.2) is 9.37 Å². The standard InChI is InChI=1S/C22H20FN3O2S/c1-15-25-19(14-29-15)13-26(20-10-8-18(23)9-11-20)21(27)12-5-16-3-6-17(7-4-16)22(28)24-2/h3-12,14H,13H2,1-2H3,(H,24,28)/b12-5+. The highest BCUT2D eigenvalue weighted by molar-refractivity contribution is 7.09. The third-order valence-electron chi connectivity index (χ3n) is 4.21. The van der Waals surface area contributed by atoms with Crippen LogP contribution in [0.25, 0.3) is 6.08 Å². The van der Waals surface area contributed by atoms with E-state index in [1.165, 1.54) is 29.5 Å². The molecule has 1 aromatic heterocycles. The maximum absolute atomic E-state index is 13.3. The lowest BCUT2D eigenvalue weighted by atomic mass is 10.1. The van der Waals surface area contributed by atoms with Gasteiger partial charge in [-0.3, -0.25) is 9.59 Å². The van der Waals surface area contributed by atoms with Crippen molar-refractivity contribution in [2.24, 2.45) is 0 Å². The molecule has 0 aliphatic rings. The summed E-state index contributed by atoms with van der Waals surface area (Å²) < 4.78 is 13.3. The maximum atomic E-state index is 13.3. The molecule has 0 unspecified atom stereocenters. The van der Waals surface area contributed by atoms with Crippen LogP contribution in [-0.2, 0) is 11.3 Å². The molecule has 0 saturated carbocycles. The quantitative estimate of drug-likeness (QED) is 0.621. The molecule has 148 valence electrons. The molecule has 0 aliphatic carbocycles. The third-order valence-corrected chi connectivity index (χ3v) is 5.03. The molecular weight excluding hydrogens is 389 g/mol. The van der Waals surface area contributed by atoms with Gasteiger partial charge >= 0.3 is 0 Å². The highest BCUT2D eigenvalue weighted by Gasteiger charge is 2.15. The Morgan fingerprint density at radius 1 is 1.14 bits per heavy atom. The second kappa shape index (κ2) is 9.25. The Hall–Kier alpha value is -3.32. The Labute approximate surface area is 172 Å². The lowest BCUT2D eigenvalue weighted by Gasteiger charge is -2.20. The first-order valence-electron chi connectivity index (χ1n) is 8.94. The maximum Gasteiger partial charge on any atom is 0.251 e. The number of thiazole rings is 1. The van der Waals surface area contributed by atoms with Gasteiger partial charge in [0.25, 0.3) is 11.8 Å². The summed E-state index contributed by atoms with van der Waals surface area (Å²) in [6, 6.07) is 12.7. The molecule has 1 heterocycles. The van der Waals surface area contributed by atoms with E-state index in [-0.39, 0.29) is 24.2 Å². The van der Waals surface area contributed by atoms with Gasteiger partial charge in [-0.15, -0.1) is 11.3 Å². The number of benzene rings is 2. The number of hydrogen-bond acceptors (Lipinski definition) is 4. The van der Waals surface area contributed by atoms with Gasteiger partial charge in [0.15, 0.2) is 0 Å². The average Bonchev–Trinajstić information content (AvgIpc) is 3.15. The van der Waals surface area contributed by atoms with Crippen LogP contribution in [0.2, 0.25) is 0 Å². The minimum absolute atomic E-state index is 0.169. The van der Waals surface area contributed by atoms with Crippen molar-refractivity contribution in [1.29, 1.82) is 0 Å². The van der Waals surface area contributed by atoms with Gasteiger partial charge in [0.1, 0.15) is 5.82 Å². The summed E-state index contributed by atoms with van der Waals surface area (Å²) in [5.74, 6) is -0.785. The Bertz CT molecular complexity index is 1030. The van der Waals surface area contributed by atoms with Crippen molar-refractivity contribution in [2.45, 2.75) is 13.5 Å². The van der Waals surface area contributed by atoms with E-state index < -0.39 is 0 Å². The second-order valence-corrected chi connectivity index (χ2v) is 7.36. The van der Waals surface area contributed by atoms with Crippen molar-refractivity contribution in [3.8, 4) is 0 Å². The number of carbonyl (C=O) groups excluding carboxylic acids is 2. The number of amides is 2. The zero-order valence-corrected chi connectivity index (χ0v) is 16.9. The van der Waals surface area contributed by atoms with Crippen molar-refractivity contribution in [3.05, 3.63) is 87.6 Å². The smallest absolute Gasteiger partial charge is 0.251 e. The zero-order chi connectivity index (χ0) is 20.8. The average molecular weight is 409 g/mol. The van der Waals surface area contributed by atoms with E-state index in [0.717, 1.165) is 16.3 Å². The number of carbonyl (C=O) groups is 2. The Morgan fingerprint density at radius 2 is 1.83 bits per heavy atom. The van der Waals surface area contributed by atoms with Gasteiger partial charge in [-0.05, 0) is 55.0 Å². The number of hydrogen-bond donors (Lipinski definition) is 1. The summed E-state index contributed by atoms with van der Waals surface area (Å²) in [5.41, 5.74) is 2.69. The Balaban J connectivity index is 1.81. The molecule has 7 heteroatoms. The van der Waals surface area contributed by atoms with E-state index in [2.05, 4.69) is 10.3 Å². The van der Waals surface area contributed by atoms with Crippen molar-refractivity contribution in [1.82, 2.24) is 10.3 Å². The van der Waals surface area contributed by atoms with Crippen molar-refractivity contribution >= 4 is 34.9 Å². The highest BCUT2D eigenvalue weighted by atomic mass is 32.1. The lowest BCUT2D eigenvalue weighted by molar-refractivity contribution is -0.114. The van der Waals surface area contributed by atoms with Crippen molar-refractivity contribution in [2.75, 3.05) is 11.9 Å². The van der Waals surface area contributed by atoms with Gasteiger partial charge in [0.05, 0.1) is 17.2 Å². The largest absolute Gasteiger partial charge is 0.355 e. The number of rotatable bonds is 6. The molecule has 1 N–H and O–H groups in total. The second-order valence-electron chi connectivity index (χ2n) is 6.29. The summed E-state index contributed by atoms with van der Waals surface area (Å²) in [5, 5.41) is 5.38. The van der Waals surface area contributed by atoms with Crippen LogP contribution in [0.5, 0.6) is 0 Å². The molecule has 0 aliphatic heterocycles. The molecule has 0 saturated heterocycles. The van der Waals surface area contributed by atoms with E-state index in [0.29, 0.717) is 11.3 Å². The number of aryl methyl sites for hydroxylation is 1. The van der Waals surface area contributed by atoms with Crippen LogP contribution < -0.4 is 10.2 Å². The lowest BCUT2D eigenvalue weighted by Crippen LogP contribution is -2.28. The highest BCUT2D eigenvalue weighted by Crippen LogP contribution is 2.20. The zero-order valence-electron chi connectivity index (χ0n) is 16.1. The van der Waals surface area contributed by atoms with Crippen LogP contribution >= 0.6 is 11.3 Å². The van der Waals surface area contributed by atoms with E-state index in [1.807, 2.05) is 12.3 Å². The Kier molecular flexibility index (Phi) is 6.51. The monoisotopic (exact) mass is 409 g/mol. The molecular formula is C22H20FN3O2S. The fourth-order valence-electron chi connectivity index (χ4n) is 2.71. The van der Waals surface area contributed by atoms with E-state index in [9.17, 15) is 14.0 Å². The van der Waals surface area contributed by atoms with Gasteiger partial charge in [0, 0.05) is 29.8 Å². The molecule has 2 amide bonds. The molecule has 0 atom stereocenters. The molecule has 0 bridgehead atoms. The fourth-order valence-corrected chi connectivity index (χ4v) is 3.31. The summed E-state index contributed by atoms with van der Waals surface area (Å²) in [7, 11) is 1.57. The molecule has 0 fully saturated rings. The molecule has 3 aromatic rings. The topological polar surface area (TPSA) is 62.3 Å². The first-order valence-corrected chi connectivity index (χ1v) is 9.82. The van der Waals surface area contributed by atoms with E-state index in [1.54, 1.807) is 54.4 Å². The predicted molar refractivity (Wildman–Crippen MR) is 113 cm³/mol. The molecule has 2 aromatic carbocycles. The van der Waals surface area contributed by atoms with Crippen molar-refractivity contribution in [3.63, 3.8) is 0 Å². The normalized spacial score (nSPS) is 10.9. The summed E-state index contributed by atoms with van der Waals surface area (Å²) in [6.07, 6.45) is 3.14. The van der Waals surface area contributed by atoms with Crippen LogP contribution in [0.3, 0.4) is 0 Å². The van der Waals surface area contributed by atoms with Crippen molar-refractivity contribution < 1.29 is 14.0 Å². The molecule has 5 nitrogen and oxygen atoms in total. The molecule has 0 spiro atoms. The first kappa shape index (κ1) is 20.4. The minimum Gasteiger partial charge on any atom is -0.355 e. The van der Waals surface area contributed by atoms with E-state index >= 15 is 0 Å². The van der Waals surface area contributed by atoms with Gasteiger partial charge in [-0.2, -0.15) is 0 Å².